The fraction of sp³-hybridized carbons (Fsp3) is 0.0769. The molecule has 0 saturated heterocycles. The molecule has 0 aliphatic carbocycles. The van der Waals surface area contributed by atoms with Crippen LogP contribution in [-0.2, 0) is 6.54 Å². The van der Waals surface area contributed by atoms with E-state index in [0.717, 1.165) is 10.4 Å². The first-order valence-corrected chi connectivity index (χ1v) is 6.86. The number of aromatic nitrogens is 2. The third kappa shape index (κ3) is 2.75. The molecule has 0 N–H and O–H groups in total. The van der Waals surface area contributed by atoms with Crippen LogP contribution >= 0.6 is 11.3 Å². The van der Waals surface area contributed by atoms with Crippen LogP contribution in [0.1, 0.15) is 5.56 Å². The van der Waals surface area contributed by atoms with Crippen LogP contribution in [0, 0.1) is 10.1 Å². The Balaban J connectivity index is 1.85. The number of thiophene rings is 1. The molecular weight excluding hydrogens is 294 g/mol. The lowest BCUT2D eigenvalue weighted by molar-refractivity contribution is -0.384. The van der Waals surface area contributed by atoms with Gasteiger partial charge in [0.25, 0.3) is 11.6 Å². The molecule has 0 saturated carbocycles. The van der Waals surface area contributed by atoms with E-state index in [2.05, 4.69) is 5.10 Å². The molecule has 3 rings (SSSR count). The lowest BCUT2D eigenvalue weighted by atomic mass is 10.2. The molecule has 0 amide bonds. The number of hydrogen-bond acceptors (Lipinski definition) is 6. The predicted octanol–water partition coefficient (Wildman–Crippen LogP) is 2.52. The lowest BCUT2D eigenvalue weighted by Crippen LogP contribution is -2.16. The first-order chi connectivity index (χ1) is 10.1. The molecule has 0 aliphatic heterocycles. The highest BCUT2D eigenvalue weighted by Crippen LogP contribution is 2.21. The van der Waals surface area contributed by atoms with E-state index in [9.17, 15) is 14.9 Å². The zero-order valence-corrected chi connectivity index (χ0v) is 11.4. The Morgan fingerprint density at radius 1 is 1.29 bits per heavy atom. The molecule has 0 spiro atoms. The monoisotopic (exact) mass is 303 g/mol. The van der Waals surface area contributed by atoms with Gasteiger partial charge in [-0.05, 0) is 17.0 Å². The van der Waals surface area contributed by atoms with Crippen molar-refractivity contribution in [3.63, 3.8) is 0 Å². The van der Waals surface area contributed by atoms with Gasteiger partial charge in [0.1, 0.15) is 0 Å². The highest BCUT2D eigenvalue weighted by Gasteiger charge is 2.12. The summed E-state index contributed by atoms with van der Waals surface area (Å²) in [6.45, 7) is 0.200. The number of rotatable bonds is 4. The molecule has 7 nitrogen and oxygen atoms in total. The van der Waals surface area contributed by atoms with Crippen molar-refractivity contribution in [1.82, 2.24) is 9.78 Å². The molecule has 106 valence electrons. The van der Waals surface area contributed by atoms with Crippen LogP contribution in [0.3, 0.4) is 0 Å². The number of benzene rings is 1. The number of nitro benzene ring substituents is 1. The van der Waals surface area contributed by atoms with E-state index in [1.54, 1.807) is 12.1 Å². The maximum Gasteiger partial charge on any atom is 0.437 e. The smallest absolute Gasteiger partial charge is 0.387 e. The van der Waals surface area contributed by atoms with Crippen LogP contribution in [0.2, 0.25) is 0 Å². The van der Waals surface area contributed by atoms with Crippen molar-refractivity contribution in [3.05, 3.63) is 68.0 Å². The molecule has 0 radical (unpaired) electrons. The summed E-state index contributed by atoms with van der Waals surface area (Å²) in [6.07, 6.45) is 0. The van der Waals surface area contributed by atoms with Crippen LogP contribution in [0.4, 0.5) is 5.69 Å². The third-order valence-corrected chi connectivity index (χ3v) is 3.68. The molecule has 0 unspecified atom stereocenters. The van der Waals surface area contributed by atoms with E-state index in [4.69, 9.17) is 4.42 Å². The largest absolute Gasteiger partial charge is 0.437 e. The normalized spacial score (nSPS) is 10.7. The van der Waals surface area contributed by atoms with Crippen molar-refractivity contribution in [2.24, 2.45) is 0 Å². The highest BCUT2D eigenvalue weighted by atomic mass is 32.1. The summed E-state index contributed by atoms with van der Waals surface area (Å²) in [5.74, 6) is -0.284. The maximum atomic E-state index is 11.7. The predicted molar refractivity (Wildman–Crippen MR) is 76.3 cm³/mol. The molecule has 3 aromatic rings. The van der Waals surface area contributed by atoms with E-state index in [1.165, 1.54) is 28.2 Å². The summed E-state index contributed by atoms with van der Waals surface area (Å²) >= 11 is 1.43. The van der Waals surface area contributed by atoms with Crippen molar-refractivity contribution < 1.29 is 9.34 Å². The summed E-state index contributed by atoms with van der Waals surface area (Å²) in [7, 11) is 0. The van der Waals surface area contributed by atoms with Gasteiger partial charge >= 0.3 is 5.76 Å². The van der Waals surface area contributed by atoms with E-state index in [-0.39, 0.29) is 18.1 Å². The van der Waals surface area contributed by atoms with Crippen LogP contribution in [0.25, 0.3) is 10.8 Å². The first kappa shape index (κ1) is 13.3. The standard InChI is InChI=1S/C13H9N3O4S/c17-13-15(14-12(20-13)11-2-1-7-21-11)8-9-3-5-10(6-4-9)16(18)19/h1-7H,8H2. The quantitative estimate of drug-likeness (QED) is 0.545. The lowest BCUT2D eigenvalue weighted by Gasteiger charge is -1.98. The van der Waals surface area contributed by atoms with Gasteiger partial charge in [-0.25, -0.2) is 4.79 Å². The van der Waals surface area contributed by atoms with Gasteiger partial charge in [0, 0.05) is 12.1 Å². The van der Waals surface area contributed by atoms with Gasteiger partial charge in [0.2, 0.25) is 0 Å². The molecule has 0 aliphatic rings. The van der Waals surface area contributed by atoms with Crippen molar-refractivity contribution in [2.45, 2.75) is 6.54 Å². The second-order valence-electron chi connectivity index (χ2n) is 4.23. The number of hydrogen-bond donors (Lipinski definition) is 0. The molecule has 1 aromatic carbocycles. The second-order valence-corrected chi connectivity index (χ2v) is 5.18. The maximum absolute atomic E-state index is 11.7. The molecular formula is C13H9N3O4S. The molecule has 2 aromatic heterocycles. The van der Waals surface area contributed by atoms with Crippen molar-refractivity contribution in [1.29, 1.82) is 0 Å². The van der Waals surface area contributed by atoms with Crippen molar-refractivity contribution >= 4 is 17.0 Å². The van der Waals surface area contributed by atoms with Gasteiger partial charge in [-0.1, -0.05) is 18.2 Å². The second kappa shape index (κ2) is 5.33. The fourth-order valence-corrected chi connectivity index (χ4v) is 2.45. The van der Waals surface area contributed by atoms with Crippen LogP contribution < -0.4 is 5.76 Å². The molecule has 0 atom stereocenters. The molecule has 0 bridgehead atoms. The summed E-state index contributed by atoms with van der Waals surface area (Å²) in [4.78, 5) is 22.6. The van der Waals surface area contributed by atoms with E-state index in [1.807, 2.05) is 17.5 Å². The first-order valence-electron chi connectivity index (χ1n) is 5.98. The van der Waals surface area contributed by atoms with Gasteiger partial charge < -0.3 is 4.42 Å². The van der Waals surface area contributed by atoms with Gasteiger partial charge in [0.15, 0.2) is 0 Å². The van der Waals surface area contributed by atoms with Crippen molar-refractivity contribution in [2.75, 3.05) is 0 Å². The average Bonchev–Trinajstić information content (AvgIpc) is 3.10. The average molecular weight is 303 g/mol. The van der Waals surface area contributed by atoms with Crippen LogP contribution in [0.5, 0.6) is 0 Å². The molecule has 21 heavy (non-hydrogen) atoms. The third-order valence-electron chi connectivity index (χ3n) is 2.82. The summed E-state index contributed by atoms with van der Waals surface area (Å²) in [5, 5.41) is 16.6. The van der Waals surface area contributed by atoms with E-state index < -0.39 is 10.7 Å². The Morgan fingerprint density at radius 3 is 2.67 bits per heavy atom. The zero-order valence-electron chi connectivity index (χ0n) is 10.6. The fourth-order valence-electron chi connectivity index (χ4n) is 1.80. The minimum absolute atomic E-state index is 0.00512. The minimum atomic E-state index is -0.559. The SMILES string of the molecule is O=c1oc(-c2cccs2)nn1Cc1ccc([N+](=O)[O-])cc1. The highest BCUT2D eigenvalue weighted by molar-refractivity contribution is 7.13. The van der Waals surface area contributed by atoms with Crippen LogP contribution in [0.15, 0.2) is 51.0 Å². The number of nitro groups is 1. The Bertz CT molecular complexity index is 818. The Morgan fingerprint density at radius 2 is 2.05 bits per heavy atom. The molecule has 2 heterocycles. The summed E-state index contributed by atoms with van der Waals surface area (Å²) in [6, 6.07) is 9.61. The van der Waals surface area contributed by atoms with Gasteiger partial charge in [-0.15, -0.1) is 16.4 Å². The number of nitrogens with zero attached hydrogens (tertiary/aromatic N) is 3. The summed E-state index contributed by atoms with van der Waals surface area (Å²) in [5.41, 5.74) is 0.735. The van der Waals surface area contributed by atoms with Gasteiger partial charge in [-0.3, -0.25) is 10.1 Å². The molecule has 8 heteroatoms. The van der Waals surface area contributed by atoms with E-state index >= 15 is 0 Å². The van der Waals surface area contributed by atoms with Gasteiger partial charge in [-0.2, -0.15) is 4.68 Å². The molecule has 0 fully saturated rings. The van der Waals surface area contributed by atoms with E-state index in [0.29, 0.717) is 0 Å². The minimum Gasteiger partial charge on any atom is -0.387 e. The summed E-state index contributed by atoms with van der Waals surface area (Å²) < 4.78 is 6.28. The topological polar surface area (TPSA) is 91.2 Å². The van der Waals surface area contributed by atoms with Crippen LogP contribution in [-0.4, -0.2) is 14.7 Å². The Kier molecular flexibility index (Phi) is 3.36. The Hall–Kier alpha value is -2.74. The number of non-ortho nitro benzene ring substituents is 1. The Labute approximate surface area is 122 Å². The zero-order chi connectivity index (χ0) is 14.8. The van der Waals surface area contributed by atoms with Crippen molar-refractivity contribution in [3.8, 4) is 10.8 Å². The van der Waals surface area contributed by atoms with Gasteiger partial charge in [0.05, 0.1) is 16.3 Å².